The number of amides is 2. The molecule has 4 aromatic rings. The minimum absolute atomic E-state index is 0.000339. The van der Waals surface area contributed by atoms with Crippen LogP contribution in [0.2, 0.25) is 0 Å². The van der Waals surface area contributed by atoms with Gasteiger partial charge in [-0.15, -0.1) is 0 Å². The van der Waals surface area contributed by atoms with Crippen LogP contribution in [-0.4, -0.2) is 60.7 Å². The number of pyridine rings is 2. The van der Waals surface area contributed by atoms with Gasteiger partial charge in [-0.2, -0.15) is 0 Å². The molecule has 4 aromatic heterocycles. The van der Waals surface area contributed by atoms with Crippen LogP contribution in [-0.2, 0) is 18.0 Å². The number of halogens is 2. The van der Waals surface area contributed by atoms with Crippen molar-refractivity contribution in [3.8, 4) is 11.4 Å². The molecule has 0 bridgehead atoms. The smallest absolute Gasteiger partial charge is 0.407 e. The molecule has 2 atom stereocenters. The number of carbonyl (C=O) groups is 2. The fourth-order valence-corrected chi connectivity index (χ4v) is 5.00. The summed E-state index contributed by atoms with van der Waals surface area (Å²) >= 11 is 0. The second kappa shape index (κ2) is 12.9. The van der Waals surface area contributed by atoms with Gasteiger partial charge in [0.2, 0.25) is 0 Å². The highest BCUT2D eigenvalue weighted by Crippen LogP contribution is 2.31. The number of aromatic nitrogens is 5. The van der Waals surface area contributed by atoms with Crippen molar-refractivity contribution in [2.75, 3.05) is 11.9 Å². The highest BCUT2D eigenvalue weighted by atomic mass is 19.1. The molecule has 0 aliphatic heterocycles. The Balaban J connectivity index is 1.26. The van der Waals surface area contributed by atoms with Crippen molar-refractivity contribution in [1.82, 2.24) is 35.6 Å². The lowest BCUT2D eigenvalue weighted by Crippen LogP contribution is -2.42. The van der Waals surface area contributed by atoms with Gasteiger partial charge in [-0.3, -0.25) is 9.78 Å². The van der Waals surface area contributed by atoms with Gasteiger partial charge in [-0.25, -0.2) is 28.5 Å². The van der Waals surface area contributed by atoms with E-state index in [1.54, 1.807) is 19.1 Å². The van der Waals surface area contributed by atoms with Crippen LogP contribution in [0.15, 0.2) is 36.8 Å². The zero-order valence-corrected chi connectivity index (χ0v) is 22.8. The van der Waals surface area contributed by atoms with Gasteiger partial charge in [-0.1, -0.05) is 0 Å². The zero-order chi connectivity index (χ0) is 29.6. The molecule has 0 unspecified atom stereocenters. The summed E-state index contributed by atoms with van der Waals surface area (Å²) in [5.41, 5.74) is 1.82. The predicted molar refractivity (Wildman–Crippen MR) is 148 cm³/mol. The van der Waals surface area contributed by atoms with Crippen molar-refractivity contribution in [3.05, 3.63) is 65.4 Å². The lowest BCUT2D eigenvalue weighted by atomic mass is 9.91. The zero-order valence-electron chi connectivity index (χ0n) is 22.8. The van der Waals surface area contributed by atoms with Gasteiger partial charge in [0.25, 0.3) is 5.91 Å². The second-order valence-electron chi connectivity index (χ2n) is 9.91. The number of nitrogens with zero attached hydrogens (tertiary/aromatic N) is 4. The van der Waals surface area contributed by atoms with E-state index in [1.165, 1.54) is 12.3 Å². The van der Waals surface area contributed by atoms with Gasteiger partial charge in [0.15, 0.2) is 17.5 Å². The number of aromatic amines is 1. The number of H-pyrrole nitrogens is 1. The Morgan fingerprint density at radius 2 is 1.98 bits per heavy atom. The minimum Gasteiger partial charge on any atom is -0.445 e. The van der Waals surface area contributed by atoms with E-state index < -0.39 is 24.3 Å². The first-order valence-corrected chi connectivity index (χ1v) is 13.6. The van der Waals surface area contributed by atoms with Crippen LogP contribution in [0, 0.1) is 11.6 Å². The van der Waals surface area contributed by atoms with Crippen LogP contribution < -0.4 is 16.0 Å². The molecule has 220 valence electrons. The second-order valence-corrected chi connectivity index (χ2v) is 9.91. The van der Waals surface area contributed by atoms with E-state index in [9.17, 15) is 23.5 Å². The number of hydrogen-bond donors (Lipinski definition) is 5. The number of aliphatic hydroxyl groups is 1. The molecule has 5 N–H and O–H groups in total. The Bertz CT molecular complexity index is 1600. The van der Waals surface area contributed by atoms with Crippen LogP contribution in [0.1, 0.15) is 54.4 Å². The standard InChI is InChI=1S/C28H30F2N8O4/c1-2-31-28(41)42-14-15-6-7-32-21(8-15)27(40)36-18-5-3-4-17(10-18)35-25-20(30)12-34-26(38-25)23-19-9-16(29)11-33-24(19)37-22(23)13-39/h6-9,11-12,17-18,39H,2-5,10,13-14H2,1H3,(H,31,41)(H,33,37)(H,36,40)(H,34,35,38)/t17-,18+/m1/s1. The molecule has 0 radical (unpaired) electrons. The van der Waals surface area contributed by atoms with Crippen LogP contribution in [0.25, 0.3) is 22.4 Å². The van der Waals surface area contributed by atoms with E-state index in [1.807, 2.05) is 0 Å². The van der Waals surface area contributed by atoms with E-state index in [-0.39, 0.29) is 41.9 Å². The van der Waals surface area contributed by atoms with Crippen LogP contribution >= 0.6 is 0 Å². The van der Waals surface area contributed by atoms with Crippen molar-refractivity contribution in [1.29, 1.82) is 0 Å². The maximum atomic E-state index is 14.8. The minimum atomic E-state index is -0.671. The van der Waals surface area contributed by atoms with Crippen LogP contribution in [0.4, 0.5) is 19.4 Å². The lowest BCUT2D eigenvalue weighted by Gasteiger charge is -2.30. The Kier molecular flexibility index (Phi) is 8.81. The van der Waals surface area contributed by atoms with E-state index in [0.29, 0.717) is 40.8 Å². The van der Waals surface area contributed by atoms with Gasteiger partial charge in [0.1, 0.15) is 23.8 Å². The number of fused-ring (bicyclic) bond motifs is 1. The van der Waals surface area contributed by atoms with Gasteiger partial charge >= 0.3 is 6.09 Å². The number of anilines is 1. The Morgan fingerprint density at radius 1 is 1.14 bits per heavy atom. The monoisotopic (exact) mass is 580 g/mol. The van der Waals surface area contributed by atoms with Crippen molar-refractivity contribution in [2.24, 2.45) is 0 Å². The molecule has 4 heterocycles. The fraction of sp³-hybridized carbons (Fsp3) is 0.357. The molecule has 1 fully saturated rings. The molecule has 0 aromatic carbocycles. The molecule has 1 aliphatic rings. The number of nitrogens with one attached hydrogen (secondary N) is 4. The Hall–Kier alpha value is -4.72. The van der Waals surface area contributed by atoms with Crippen LogP contribution in [0.3, 0.4) is 0 Å². The molecule has 1 saturated carbocycles. The number of alkyl carbamates (subject to hydrolysis) is 1. The summed E-state index contributed by atoms with van der Waals surface area (Å²) in [6.07, 6.45) is 5.74. The summed E-state index contributed by atoms with van der Waals surface area (Å²) < 4.78 is 33.9. The van der Waals surface area contributed by atoms with E-state index in [2.05, 4.69) is 40.9 Å². The van der Waals surface area contributed by atoms with Crippen molar-refractivity contribution in [2.45, 2.75) is 57.9 Å². The summed E-state index contributed by atoms with van der Waals surface area (Å²) in [7, 11) is 0. The van der Waals surface area contributed by atoms with Crippen molar-refractivity contribution in [3.63, 3.8) is 0 Å². The molecule has 2 amide bonds. The first-order chi connectivity index (χ1) is 20.3. The molecular weight excluding hydrogens is 550 g/mol. The average Bonchev–Trinajstić information content (AvgIpc) is 3.35. The van der Waals surface area contributed by atoms with E-state index >= 15 is 0 Å². The maximum Gasteiger partial charge on any atom is 0.407 e. The highest BCUT2D eigenvalue weighted by Gasteiger charge is 2.26. The van der Waals surface area contributed by atoms with Gasteiger partial charge < -0.3 is 30.8 Å². The molecular formula is C28H30F2N8O4. The molecule has 0 saturated heterocycles. The Morgan fingerprint density at radius 3 is 2.79 bits per heavy atom. The summed E-state index contributed by atoms with van der Waals surface area (Å²) in [6.45, 7) is 1.82. The fourth-order valence-electron chi connectivity index (χ4n) is 5.00. The quantitative estimate of drug-likeness (QED) is 0.199. The number of hydrogen-bond acceptors (Lipinski definition) is 9. The largest absolute Gasteiger partial charge is 0.445 e. The number of aliphatic hydroxyl groups excluding tert-OH is 1. The summed E-state index contributed by atoms with van der Waals surface area (Å²) in [4.78, 5) is 44.0. The SMILES string of the molecule is CCNC(=O)OCc1ccnc(C(=O)N[C@H]2CCC[C@@H](Nc3nc(-c4c(CO)[nH]c5ncc(F)cc45)ncc3F)C2)c1. The molecule has 5 rings (SSSR count). The van der Waals surface area contributed by atoms with E-state index in [0.717, 1.165) is 31.7 Å². The molecule has 14 heteroatoms. The van der Waals surface area contributed by atoms with Crippen molar-refractivity contribution >= 4 is 28.9 Å². The van der Waals surface area contributed by atoms with Gasteiger partial charge in [-0.05, 0) is 56.4 Å². The van der Waals surface area contributed by atoms with Gasteiger partial charge in [0, 0.05) is 30.2 Å². The third-order valence-corrected chi connectivity index (χ3v) is 6.92. The number of carbonyl (C=O) groups excluding carboxylic acids is 2. The van der Waals surface area contributed by atoms with Crippen LogP contribution in [0.5, 0.6) is 0 Å². The lowest BCUT2D eigenvalue weighted by molar-refractivity contribution is 0.0921. The highest BCUT2D eigenvalue weighted by molar-refractivity contribution is 5.94. The first-order valence-electron chi connectivity index (χ1n) is 13.6. The molecule has 0 spiro atoms. The van der Waals surface area contributed by atoms with Crippen molar-refractivity contribution < 1.29 is 28.2 Å². The molecule has 42 heavy (non-hydrogen) atoms. The first kappa shape index (κ1) is 28.8. The summed E-state index contributed by atoms with van der Waals surface area (Å²) in [6, 6.07) is 4.08. The summed E-state index contributed by atoms with van der Waals surface area (Å²) in [5.74, 6) is -1.55. The molecule has 12 nitrogen and oxygen atoms in total. The van der Waals surface area contributed by atoms with E-state index in [4.69, 9.17) is 4.74 Å². The van der Waals surface area contributed by atoms with Gasteiger partial charge in [0.05, 0.1) is 30.3 Å². The predicted octanol–water partition coefficient (Wildman–Crippen LogP) is 3.58. The number of rotatable bonds is 9. The number of ether oxygens (including phenoxy) is 1. The Labute approximate surface area is 239 Å². The third-order valence-electron chi connectivity index (χ3n) is 6.92. The molecule has 1 aliphatic carbocycles. The maximum absolute atomic E-state index is 14.8. The average molecular weight is 581 g/mol. The topological polar surface area (TPSA) is 167 Å². The normalized spacial score (nSPS) is 16.7. The summed E-state index contributed by atoms with van der Waals surface area (Å²) in [5, 5.41) is 18.9. The third kappa shape index (κ3) is 6.60.